The van der Waals surface area contributed by atoms with Gasteiger partial charge in [0, 0.05) is 19.2 Å². The van der Waals surface area contributed by atoms with E-state index in [1.54, 1.807) is 0 Å². The summed E-state index contributed by atoms with van der Waals surface area (Å²) in [6.07, 6.45) is 0. The smallest absolute Gasteiger partial charge is 0.244 e. The van der Waals surface area contributed by atoms with Gasteiger partial charge in [-0.25, -0.2) is 0 Å². The van der Waals surface area contributed by atoms with Gasteiger partial charge in [0.15, 0.2) is 11.5 Å². The Morgan fingerprint density at radius 3 is 2.52 bits per heavy atom. The van der Waals surface area contributed by atoms with Gasteiger partial charge in [0.1, 0.15) is 6.54 Å². The lowest BCUT2D eigenvalue weighted by atomic mass is 10.2. The standard InChI is InChI=1S/C19H20N2O4/c1-13-3-6-16(7-4-13)20-19(23)11-21(14(2)22)10-15-5-8-17-18(9-15)25-12-24-17/h3-9H,10-12H2,1-2H3,(H,20,23). The molecule has 0 spiro atoms. The van der Waals surface area contributed by atoms with E-state index in [1.165, 1.54) is 11.8 Å². The van der Waals surface area contributed by atoms with E-state index in [4.69, 9.17) is 9.47 Å². The van der Waals surface area contributed by atoms with Gasteiger partial charge in [-0.15, -0.1) is 0 Å². The van der Waals surface area contributed by atoms with Gasteiger partial charge < -0.3 is 19.7 Å². The van der Waals surface area contributed by atoms with E-state index < -0.39 is 0 Å². The molecule has 25 heavy (non-hydrogen) atoms. The van der Waals surface area contributed by atoms with E-state index in [9.17, 15) is 9.59 Å². The molecule has 1 N–H and O–H groups in total. The summed E-state index contributed by atoms with van der Waals surface area (Å²) in [4.78, 5) is 25.6. The molecule has 1 aliphatic rings. The van der Waals surface area contributed by atoms with Gasteiger partial charge in [-0.05, 0) is 36.8 Å². The van der Waals surface area contributed by atoms with Crippen molar-refractivity contribution in [3.05, 3.63) is 53.6 Å². The van der Waals surface area contributed by atoms with Crippen LogP contribution in [-0.4, -0.2) is 30.1 Å². The topological polar surface area (TPSA) is 67.9 Å². The Bertz CT molecular complexity index is 787. The van der Waals surface area contributed by atoms with Crippen molar-refractivity contribution in [1.29, 1.82) is 0 Å². The molecule has 0 radical (unpaired) electrons. The monoisotopic (exact) mass is 340 g/mol. The molecule has 0 aromatic heterocycles. The van der Waals surface area contributed by atoms with Crippen molar-refractivity contribution in [1.82, 2.24) is 4.90 Å². The van der Waals surface area contributed by atoms with Gasteiger partial charge >= 0.3 is 0 Å². The predicted octanol–water partition coefficient (Wildman–Crippen LogP) is 2.71. The molecule has 0 atom stereocenters. The van der Waals surface area contributed by atoms with Gasteiger partial charge in [-0.1, -0.05) is 23.8 Å². The van der Waals surface area contributed by atoms with Gasteiger partial charge in [-0.3, -0.25) is 9.59 Å². The Morgan fingerprint density at radius 2 is 1.80 bits per heavy atom. The van der Waals surface area contributed by atoms with Crippen LogP contribution in [0.2, 0.25) is 0 Å². The summed E-state index contributed by atoms with van der Waals surface area (Å²) >= 11 is 0. The van der Waals surface area contributed by atoms with E-state index in [2.05, 4.69) is 5.32 Å². The number of nitrogens with one attached hydrogen (secondary N) is 1. The Hall–Kier alpha value is -3.02. The SMILES string of the molecule is CC(=O)N(CC(=O)Nc1ccc(C)cc1)Cc1ccc2c(c1)OCO2. The van der Waals surface area contributed by atoms with Crippen LogP contribution < -0.4 is 14.8 Å². The van der Waals surface area contributed by atoms with Crippen LogP contribution in [0.4, 0.5) is 5.69 Å². The zero-order chi connectivity index (χ0) is 17.8. The highest BCUT2D eigenvalue weighted by molar-refractivity contribution is 5.94. The van der Waals surface area contributed by atoms with Crippen LogP contribution in [-0.2, 0) is 16.1 Å². The molecule has 2 aromatic carbocycles. The second-order valence-electron chi connectivity index (χ2n) is 5.98. The van der Waals surface area contributed by atoms with Crippen LogP contribution in [0, 0.1) is 6.92 Å². The number of rotatable bonds is 5. The number of carbonyl (C=O) groups is 2. The van der Waals surface area contributed by atoms with Crippen molar-refractivity contribution < 1.29 is 19.1 Å². The molecule has 0 aliphatic carbocycles. The third-order valence-electron chi connectivity index (χ3n) is 3.93. The maximum absolute atomic E-state index is 12.2. The van der Waals surface area contributed by atoms with Crippen molar-refractivity contribution in [2.75, 3.05) is 18.7 Å². The number of nitrogens with zero attached hydrogens (tertiary/aromatic N) is 1. The van der Waals surface area contributed by atoms with Crippen molar-refractivity contribution in [3.8, 4) is 11.5 Å². The van der Waals surface area contributed by atoms with Crippen molar-refractivity contribution >= 4 is 17.5 Å². The number of fused-ring (bicyclic) bond motifs is 1. The van der Waals surface area contributed by atoms with Crippen LogP contribution in [0.15, 0.2) is 42.5 Å². The highest BCUT2D eigenvalue weighted by Crippen LogP contribution is 2.32. The molecular weight excluding hydrogens is 320 g/mol. The minimum absolute atomic E-state index is 0.0162. The van der Waals surface area contributed by atoms with E-state index in [0.29, 0.717) is 23.7 Å². The van der Waals surface area contributed by atoms with Crippen LogP contribution in [0.3, 0.4) is 0 Å². The lowest BCUT2D eigenvalue weighted by molar-refractivity contribution is -0.133. The number of aryl methyl sites for hydroxylation is 1. The number of ether oxygens (including phenoxy) is 2. The van der Waals surface area contributed by atoms with E-state index in [-0.39, 0.29) is 25.2 Å². The van der Waals surface area contributed by atoms with E-state index in [1.807, 2.05) is 49.4 Å². The van der Waals surface area contributed by atoms with Gasteiger partial charge in [-0.2, -0.15) is 0 Å². The Kier molecular flexibility index (Phi) is 4.88. The van der Waals surface area contributed by atoms with Crippen molar-refractivity contribution in [3.63, 3.8) is 0 Å². The average Bonchev–Trinajstić information content (AvgIpc) is 3.04. The number of hydrogen-bond acceptors (Lipinski definition) is 4. The predicted molar refractivity (Wildman–Crippen MR) is 93.5 cm³/mol. The highest BCUT2D eigenvalue weighted by Gasteiger charge is 2.17. The average molecular weight is 340 g/mol. The maximum Gasteiger partial charge on any atom is 0.244 e. The molecule has 2 aromatic rings. The molecule has 6 nitrogen and oxygen atoms in total. The first kappa shape index (κ1) is 16.8. The molecule has 3 rings (SSSR count). The molecule has 130 valence electrons. The molecule has 6 heteroatoms. The number of hydrogen-bond donors (Lipinski definition) is 1. The van der Waals surface area contributed by atoms with Crippen LogP contribution >= 0.6 is 0 Å². The normalized spacial score (nSPS) is 11.9. The number of carbonyl (C=O) groups excluding carboxylic acids is 2. The largest absolute Gasteiger partial charge is 0.454 e. The van der Waals surface area contributed by atoms with Crippen LogP contribution in [0.5, 0.6) is 11.5 Å². The highest BCUT2D eigenvalue weighted by atomic mass is 16.7. The maximum atomic E-state index is 12.2. The second kappa shape index (κ2) is 7.25. The Morgan fingerprint density at radius 1 is 1.08 bits per heavy atom. The Labute approximate surface area is 146 Å². The second-order valence-corrected chi connectivity index (χ2v) is 5.98. The quantitative estimate of drug-likeness (QED) is 0.909. The van der Waals surface area contributed by atoms with E-state index >= 15 is 0 Å². The molecule has 1 heterocycles. The minimum atomic E-state index is -0.236. The van der Waals surface area contributed by atoms with Crippen molar-refractivity contribution in [2.24, 2.45) is 0 Å². The lowest BCUT2D eigenvalue weighted by Crippen LogP contribution is -2.36. The molecule has 0 bridgehead atoms. The first-order valence-electron chi connectivity index (χ1n) is 8.02. The summed E-state index contributed by atoms with van der Waals surface area (Å²) in [5.74, 6) is 0.942. The van der Waals surface area contributed by atoms with Gasteiger partial charge in [0.25, 0.3) is 0 Å². The summed E-state index contributed by atoms with van der Waals surface area (Å²) in [7, 11) is 0. The molecule has 1 aliphatic heterocycles. The zero-order valence-corrected chi connectivity index (χ0v) is 14.2. The van der Waals surface area contributed by atoms with Gasteiger partial charge in [0.2, 0.25) is 18.6 Å². The fourth-order valence-electron chi connectivity index (χ4n) is 2.55. The summed E-state index contributed by atoms with van der Waals surface area (Å²) in [6.45, 7) is 3.94. The fourth-order valence-corrected chi connectivity index (χ4v) is 2.55. The molecule has 0 unspecified atom stereocenters. The number of benzene rings is 2. The zero-order valence-electron chi connectivity index (χ0n) is 14.2. The molecule has 0 saturated heterocycles. The summed E-state index contributed by atoms with van der Waals surface area (Å²) in [5, 5.41) is 2.80. The molecule has 0 saturated carbocycles. The lowest BCUT2D eigenvalue weighted by Gasteiger charge is -2.21. The molecule has 2 amide bonds. The van der Waals surface area contributed by atoms with Crippen LogP contribution in [0.25, 0.3) is 0 Å². The summed E-state index contributed by atoms with van der Waals surface area (Å²) in [5.41, 5.74) is 2.70. The van der Waals surface area contributed by atoms with Gasteiger partial charge in [0.05, 0.1) is 0 Å². The first-order valence-corrected chi connectivity index (χ1v) is 8.02. The first-order chi connectivity index (χ1) is 12.0. The number of amides is 2. The van der Waals surface area contributed by atoms with Crippen molar-refractivity contribution in [2.45, 2.75) is 20.4 Å². The number of anilines is 1. The minimum Gasteiger partial charge on any atom is -0.454 e. The fraction of sp³-hybridized carbons (Fsp3) is 0.263. The van der Waals surface area contributed by atoms with Crippen LogP contribution in [0.1, 0.15) is 18.1 Å². The third kappa shape index (κ3) is 4.29. The van der Waals surface area contributed by atoms with E-state index in [0.717, 1.165) is 11.1 Å². The summed E-state index contributed by atoms with van der Waals surface area (Å²) < 4.78 is 10.6. The third-order valence-corrected chi connectivity index (χ3v) is 3.93. The Balaban J connectivity index is 1.63. The molecular formula is C19H20N2O4. The summed E-state index contributed by atoms with van der Waals surface area (Å²) in [6, 6.07) is 13.0. The molecule has 0 fully saturated rings.